The first kappa shape index (κ1) is 12.5. The van der Waals surface area contributed by atoms with Gasteiger partial charge >= 0.3 is 0 Å². The van der Waals surface area contributed by atoms with Gasteiger partial charge in [0.25, 0.3) is 0 Å². The molecule has 0 amide bonds. The molecule has 1 aliphatic carbocycles. The second kappa shape index (κ2) is 6.12. The van der Waals surface area contributed by atoms with Gasteiger partial charge in [-0.3, -0.25) is 4.90 Å². The van der Waals surface area contributed by atoms with Crippen LogP contribution in [-0.4, -0.2) is 23.5 Å². The fourth-order valence-corrected chi connectivity index (χ4v) is 2.72. The van der Waals surface area contributed by atoms with Crippen LogP contribution in [0.25, 0.3) is 0 Å². The summed E-state index contributed by atoms with van der Waals surface area (Å²) in [6, 6.07) is 2.61. The first-order valence-corrected chi connectivity index (χ1v) is 6.45. The zero-order chi connectivity index (χ0) is 11.1. The van der Waals surface area contributed by atoms with Crippen molar-refractivity contribution >= 4 is 0 Å². The first-order chi connectivity index (χ1) is 7.29. The molecule has 1 fully saturated rings. The molecule has 0 N–H and O–H groups in total. The van der Waals surface area contributed by atoms with Crippen LogP contribution in [0.4, 0.5) is 0 Å². The molecule has 0 atom stereocenters. The van der Waals surface area contributed by atoms with Gasteiger partial charge in [-0.2, -0.15) is 5.26 Å². The van der Waals surface area contributed by atoms with Gasteiger partial charge in [-0.1, -0.05) is 33.1 Å². The van der Waals surface area contributed by atoms with E-state index in [9.17, 15) is 5.26 Å². The summed E-state index contributed by atoms with van der Waals surface area (Å²) in [5, 5.41) is 9.47. The third-order valence-electron chi connectivity index (χ3n) is 3.48. The number of hydrogen-bond acceptors (Lipinski definition) is 2. The normalized spacial score (nSPS) is 20.1. The van der Waals surface area contributed by atoms with E-state index in [-0.39, 0.29) is 5.54 Å². The van der Waals surface area contributed by atoms with Crippen LogP contribution < -0.4 is 0 Å². The molecule has 1 aliphatic rings. The fraction of sp³-hybridized carbons (Fsp3) is 0.923. The molecule has 2 nitrogen and oxygen atoms in total. The largest absolute Gasteiger partial charge is 0.286 e. The molecule has 0 aromatic heterocycles. The average molecular weight is 208 g/mol. The first-order valence-electron chi connectivity index (χ1n) is 6.45. The molecule has 86 valence electrons. The van der Waals surface area contributed by atoms with E-state index in [1.165, 1.54) is 19.3 Å². The van der Waals surface area contributed by atoms with E-state index in [0.29, 0.717) is 0 Å². The molecule has 0 heterocycles. The Bertz CT molecular complexity index is 205. The summed E-state index contributed by atoms with van der Waals surface area (Å²) in [5.41, 5.74) is -0.121. The minimum Gasteiger partial charge on any atom is -0.286 e. The predicted molar refractivity (Wildman–Crippen MR) is 63.6 cm³/mol. The van der Waals surface area contributed by atoms with Crippen molar-refractivity contribution in [2.45, 2.75) is 64.3 Å². The van der Waals surface area contributed by atoms with Crippen molar-refractivity contribution in [3.63, 3.8) is 0 Å². The Balaban J connectivity index is 2.70. The monoisotopic (exact) mass is 208 g/mol. The highest BCUT2D eigenvalue weighted by Gasteiger charge is 2.37. The highest BCUT2D eigenvalue weighted by Crippen LogP contribution is 2.33. The van der Waals surface area contributed by atoms with Crippen molar-refractivity contribution in [2.75, 3.05) is 13.1 Å². The Hall–Kier alpha value is -0.550. The molecule has 0 saturated heterocycles. The standard InChI is InChI=1S/C13H24N2/c1-3-10-15(11-4-2)13(12-14)8-6-5-7-9-13/h3-11H2,1-2H3. The second-order valence-corrected chi connectivity index (χ2v) is 4.69. The zero-order valence-corrected chi connectivity index (χ0v) is 10.3. The van der Waals surface area contributed by atoms with Gasteiger partial charge in [0.05, 0.1) is 6.07 Å². The minimum absolute atomic E-state index is 0.121. The van der Waals surface area contributed by atoms with Crippen LogP contribution >= 0.6 is 0 Å². The van der Waals surface area contributed by atoms with Crippen molar-refractivity contribution in [3.05, 3.63) is 0 Å². The van der Waals surface area contributed by atoms with Crippen molar-refractivity contribution < 1.29 is 0 Å². The maximum absolute atomic E-state index is 9.47. The molecule has 1 saturated carbocycles. The van der Waals surface area contributed by atoms with E-state index < -0.39 is 0 Å². The van der Waals surface area contributed by atoms with E-state index in [4.69, 9.17) is 0 Å². The minimum atomic E-state index is -0.121. The van der Waals surface area contributed by atoms with Crippen LogP contribution in [0.3, 0.4) is 0 Å². The van der Waals surface area contributed by atoms with Crippen LogP contribution in [-0.2, 0) is 0 Å². The lowest BCUT2D eigenvalue weighted by Gasteiger charge is -2.41. The molecule has 0 bridgehead atoms. The van der Waals surface area contributed by atoms with Crippen LogP contribution in [0.1, 0.15) is 58.8 Å². The molecule has 0 aromatic carbocycles. The summed E-state index contributed by atoms with van der Waals surface area (Å²) in [4.78, 5) is 2.44. The Labute approximate surface area is 94.3 Å². The lowest BCUT2D eigenvalue weighted by atomic mass is 9.81. The smallest absolute Gasteiger partial charge is 0.109 e. The second-order valence-electron chi connectivity index (χ2n) is 4.69. The lowest BCUT2D eigenvalue weighted by Crippen LogP contribution is -2.49. The van der Waals surface area contributed by atoms with Gasteiger partial charge in [0.1, 0.15) is 5.54 Å². The summed E-state index contributed by atoms with van der Waals surface area (Å²) in [6.45, 7) is 6.58. The van der Waals surface area contributed by atoms with Gasteiger partial charge in [-0.15, -0.1) is 0 Å². The SMILES string of the molecule is CCCN(CCC)C1(C#N)CCCCC1. The Kier molecular flexibility index (Phi) is 5.11. The van der Waals surface area contributed by atoms with Gasteiger partial charge in [0, 0.05) is 0 Å². The van der Waals surface area contributed by atoms with Crippen molar-refractivity contribution in [1.82, 2.24) is 4.90 Å². The van der Waals surface area contributed by atoms with E-state index in [2.05, 4.69) is 24.8 Å². The molecule has 0 unspecified atom stereocenters. The Morgan fingerprint density at radius 2 is 1.60 bits per heavy atom. The molecule has 0 radical (unpaired) electrons. The zero-order valence-electron chi connectivity index (χ0n) is 10.3. The van der Waals surface area contributed by atoms with Gasteiger partial charge in [0.2, 0.25) is 0 Å². The lowest BCUT2D eigenvalue weighted by molar-refractivity contribution is 0.0975. The summed E-state index contributed by atoms with van der Waals surface area (Å²) < 4.78 is 0. The molecule has 0 aromatic rings. The molecular formula is C13H24N2. The molecule has 15 heavy (non-hydrogen) atoms. The highest BCUT2D eigenvalue weighted by atomic mass is 15.2. The molecule has 1 rings (SSSR count). The number of hydrogen-bond donors (Lipinski definition) is 0. The quantitative estimate of drug-likeness (QED) is 0.693. The maximum atomic E-state index is 9.47. The molecule has 0 spiro atoms. The van der Waals surface area contributed by atoms with Crippen LogP contribution in [0.2, 0.25) is 0 Å². The van der Waals surface area contributed by atoms with E-state index in [0.717, 1.165) is 38.8 Å². The summed E-state index contributed by atoms with van der Waals surface area (Å²) >= 11 is 0. The van der Waals surface area contributed by atoms with Crippen LogP contribution in [0.5, 0.6) is 0 Å². The summed E-state index contributed by atoms with van der Waals surface area (Å²) in [7, 11) is 0. The fourth-order valence-electron chi connectivity index (χ4n) is 2.72. The van der Waals surface area contributed by atoms with Crippen molar-refractivity contribution in [3.8, 4) is 6.07 Å². The number of nitrogens with zero attached hydrogens (tertiary/aromatic N) is 2. The molecular weight excluding hydrogens is 184 g/mol. The van der Waals surface area contributed by atoms with E-state index >= 15 is 0 Å². The number of rotatable bonds is 5. The van der Waals surface area contributed by atoms with Gasteiger partial charge < -0.3 is 0 Å². The third-order valence-corrected chi connectivity index (χ3v) is 3.48. The molecule has 2 heteroatoms. The molecule has 0 aliphatic heterocycles. The average Bonchev–Trinajstić information content (AvgIpc) is 2.30. The van der Waals surface area contributed by atoms with E-state index in [1.54, 1.807) is 0 Å². The van der Waals surface area contributed by atoms with E-state index in [1.807, 2.05) is 0 Å². The van der Waals surface area contributed by atoms with Gasteiger partial charge in [-0.25, -0.2) is 0 Å². The highest BCUT2D eigenvalue weighted by molar-refractivity contribution is 5.09. The van der Waals surface area contributed by atoms with Gasteiger partial charge in [0.15, 0.2) is 0 Å². The summed E-state index contributed by atoms with van der Waals surface area (Å²) in [6.07, 6.45) is 8.27. The Morgan fingerprint density at radius 3 is 2.00 bits per heavy atom. The predicted octanol–water partition coefficient (Wildman–Crippen LogP) is 3.33. The van der Waals surface area contributed by atoms with Crippen LogP contribution in [0.15, 0.2) is 0 Å². The van der Waals surface area contributed by atoms with Gasteiger partial charge in [-0.05, 0) is 38.8 Å². The third kappa shape index (κ3) is 2.95. The number of nitriles is 1. The van der Waals surface area contributed by atoms with Crippen molar-refractivity contribution in [2.24, 2.45) is 0 Å². The van der Waals surface area contributed by atoms with Crippen molar-refractivity contribution in [1.29, 1.82) is 5.26 Å². The maximum Gasteiger partial charge on any atom is 0.109 e. The Morgan fingerprint density at radius 1 is 1.07 bits per heavy atom. The van der Waals surface area contributed by atoms with Crippen LogP contribution in [0, 0.1) is 11.3 Å². The topological polar surface area (TPSA) is 27.0 Å². The summed E-state index contributed by atoms with van der Waals surface area (Å²) in [5.74, 6) is 0.